The molecule has 0 amide bonds. The Labute approximate surface area is 77.8 Å². The molecule has 0 radical (unpaired) electrons. The van der Waals surface area contributed by atoms with E-state index in [0.717, 1.165) is 9.92 Å². The van der Waals surface area contributed by atoms with Gasteiger partial charge < -0.3 is 0 Å². The van der Waals surface area contributed by atoms with Gasteiger partial charge in [0.05, 0.1) is 0 Å². The first kappa shape index (κ1) is 9.48. The summed E-state index contributed by atoms with van der Waals surface area (Å²) in [6, 6.07) is 7.37. The third kappa shape index (κ3) is 3.24. The second kappa shape index (κ2) is 4.32. The molecular formula is C6H5ClSZn. The van der Waals surface area contributed by atoms with Gasteiger partial charge in [-0.15, -0.1) is 12.6 Å². The molecule has 0 fully saturated rings. The molecular weight excluding hydrogens is 205 g/mol. The Morgan fingerprint density at radius 1 is 1.33 bits per heavy atom. The maximum atomic E-state index is 5.60. The molecule has 0 N–H and O–H groups in total. The second-order valence-corrected chi connectivity index (χ2v) is 2.43. The van der Waals surface area contributed by atoms with Crippen LogP contribution in [0.3, 0.4) is 0 Å². The Morgan fingerprint density at radius 2 is 2.00 bits per heavy atom. The van der Waals surface area contributed by atoms with Crippen molar-refractivity contribution in [3.63, 3.8) is 0 Å². The third-order valence-corrected chi connectivity index (χ3v) is 1.32. The summed E-state index contributed by atoms with van der Waals surface area (Å²) >= 11 is 9.67. The van der Waals surface area contributed by atoms with Crippen LogP contribution in [0.2, 0.25) is 5.02 Å². The fourth-order valence-corrected chi connectivity index (χ4v) is 0.968. The molecule has 1 rings (SSSR count). The van der Waals surface area contributed by atoms with E-state index in [9.17, 15) is 0 Å². The van der Waals surface area contributed by atoms with Crippen molar-refractivity contribution in [1.82, 2.24) is 0 Å². The molecule has 0 aliphatic rings. The molecule has 3 heteroatoms. The minimum atomic E-state index is 0. The molecule has 1 aromatic rings. The minimum Gasteiger partial charge on any atom is -0.143 e. The van der Waals surface area contributed by atoms with E-state index in [1.165, 1.54) is 0 Å². The van der Waals surface area contributed by atoms with Crippen molar-refractivity contribution in [3.05, 3.63) is 29.3 Å². The van der Waals surface area contributed by atoms with Gasteiger partial charge in [0.15, 0.2) is 0 Å². The fourth-order valence-electron chi connectivity index (χ4n) is 0.476. The summed E-state index contributed by atoms with van der Waals surface area (Å²) in [5.41, 5.74) is 0. The summed E-state index contributed by atoms with van der Waals surface area (Å²) in [5.74, 6) is 0. The molecule has 0 heterocycles. The Morgan fingerprint density at radius 3 is 2.33 bits per heavy atom. The van der Waals surface area contributed by atoms with Crippen LogP contribution in [0.25, 0.3) is 0 Å². The molecule has 0 aliphatic carbocycles. The molecule has 0 nitrogen and oxygen atoms in total. The summed E-state index contributed by atoms with van der Waals surface area (Å²) < 4.78 is 0. The number of rotatable bonds is 0. The number of hydrogen-bond acceptors (Lipinski definition) is 1. The van der Waals surface area contributed by atoms with Gasteiger partial charge in [-0.1, -0.05) is 17.7 Å². The summed E-state index contributed by atoms with van der Waals surface area (Å²) in [6.07, 6.45) is 0. The third-order valence-electron chi connectivity index (χ3n) is 0.808. The molecule has 9 heavy (non-hydrogen) atoms. The van der Waals surface area contributed by atoms with Crippen molar-refractivity contribution in [2.45, 2.75) is 4.90 Å². The number of thiol groups is 1. The van der Waals surface area contributed by atoms with Crippen LogP contribution < -0.4 is 0 Å². The van der Waals surface area contributed by atoms with Crippen LogP contribution in [0.5, 0.6) is 0 Å². The van der Waals surface area contributed by atoms with Gasteiger partial charge in [-0.2, -0.15) is 0 Å². The maximum absolute atomic E-state index is 5.60. The van der Waals surface area contributed by atoms with E-state index < -0.39 is 0 Å². The molecule has 0 atom stereocenters. The number of halogens is 1. The minimum absolute atomic E-state index is 0. The van der Waals surface area contributed by atoms with Crippen molar-refractivity contribution < 1.29 is 19.5 Å². The standard InChI is InChI=1S/C6H5ClS.Zn/c7-5-2-1-3-6(8)4-5;/h1-4,8H;. The van der Waals surface area contributed by atoms with E-state index in [4.69, 9.17) is 11.6 Å². The Balaban J connectivity index is 0.000000640. The van der Waals surface area contributed by atoms with Crippen LogP contribution in [0.1, 0.15) is 0 Å². The van der Waals surface area contributed by atoms with Crippen molar-refractivity contribution in [2.24, 2.45) is 0 Å². The molecule has 1 aromatic carbocycles. The van der Waals surface area contributed by atoms with Crippen molar-refractivity contribution in [2.75, 3.05) is 0 Å². The van der Waals surface area contributed by atoms with Gasteiger partial charge in [-0.05, 0) is 18.2 Å². The Kier molecular flexibility index (Phi) is 4.55. The Bertz CT molecular complexity index is 173. The van der Waals surface area contributed by atoms with Crippen LogP contribution in [-0.2, 0) is 19.5 Å². The smallest absolute Gasteiger partial charge is 0.0417 e. The summed E-state index contributed by atoms with van der Waals surface area (Å²) in [7, 11) is 0. The van der Waals surface area contributed by atoms with Gasteiger partial charge in [0.1, 0.15) is 0 Å². The van der Waals surface area contributed by atoms with Crippen LogP contribution in [0, 0.1) is 0 Å². The zero-order chi connectivity index (χ0) is 5.98. The van der Waals surface area contributed by atoms with Crippen molar-refractivity contribution in [1.29, 1.82) is 0 Å². The van der Waals surface area contributed by atoms with Crippen LogP contribution in [-0.4, -0.2) is 0 Å². The second-order valence-electron chi connectivity index (χ2n) is 1.48. The summed E-state index contributed by atoms with van der Waals surface area (Å²) in [6.45, 7) is 0. The van der Waals surface area contributed by atoms with Gasteiger partial charge in [0.25, 0.3) is 0 Å². The SMILES string of the molecule is Sc1cccc(Cl)c1.[Zn]. The summed E-state index contributed by atoms with van der Waals surface area (Å²) in [5, 5.41) is 0.734. The monoisotopic (exact) mass is 208 g/mol. The molecule has 44 valence electrons. The number of benzene rings is 1. The number of hydrogen-bond donors (Lipinski definition) is 1. The quantitative estimate of drug-likeness (QED) is 0.493. The van der Waals surface area contributed by atoms with Gasteiger partial charge in [0, 0.05) is 29.4 Å². The zero-order valence-electron chi connectivity index (χ0n) is 4.84. The fraction of sp³-hybridized carbons (Fsp3) is 0. The summed E-state index contributed by atoms with van der Waals surface area (Å²) in [4.78, 5) is 0.900. The molecule has 0 saturated heterocycles. The zero-order valence-corrected chi connectivity index (χ0v) is 9.46. The molecule has 0 bridgehead atoms. The van der Waals surface area contributed by atoms with E-state index in [2.05, 4.69) is 12.6 Å². The first-order chi connectivity index (χ1) is 3.79. The van der Waals surface area contributed by atoms with Gasteiger partial charge in [0.2, 0.25) is 0 Å². The van der Waals surface area contributed by atoms with Gasteiger partial charge >= 0.3 is 0 Å². The van der Waals surface area contributed by atoms with E-state index in [-0.39, 0.29) is 19.5 Å². The van der Waals surface area contributed by atoms with E-state index in [0.29, 0.717) is 0 Å². The van der Waals surface area contributed by atoms with Crippen molar-refractivity contribution in [3.8, 4) is 0 Å². The van der Waals surface area contributed by atoms with E-state index in [1.807, 2.05) is 18.2 Å². The first-order valence-electron chi connectivity index (χ1n) is 2.23. The van der Waals surface area contributed by atoms with Gasteiger partial charge in [-0.3, -0.25) is 0 Å². The van der Waals surface area contributed by atoms with Gasteiger partial charge in [-0.25, -0.2) is 0 Å². The Hall–Kier alpha value is 0.483. The first-order valence-corrected chi connectivity index (χ1v) is 3.06. The van der Waals surface area contributed by atoms with Crippen LogP contribution in [0.15, 0.2) is 29.2 Å². The molecule has 0 unspecified atom stereocenters. The molecule has 0 spiro atoms. The average molecular weight is 210 g/mol. The van der Waals surface area contributed by atoms with E-state index >= 15 is 0 Å². The van der Waals surface area contributed by atoms with Crippen LogP contribution in [0.4, 0.5) is 0 Å². The predicted octanol–water partition coefficient (Wildman–Crippen LogP) is 2.63. The molecule has 0 aliphatic heterocycles. The normalized spacial score (nSPS) is 8.22. The largest absolute Gasteiger partial charge is 0.143 e. The van der Waals surface area contributed by atoms with Crippen molar-refractivity contribution >= 4 is 24.2 Å². The molecule has 0 aromatic heterocycles. The topological polar surface area (TPSA) is 0 Å². The predicted molar refractivity (Wildman–Crippen MR) is 38.7 cm³/mol. The van der Waals surface area contributed by atoms with E-state index in [1.54, 1.807) is 6.07 Å². The maximum Gasteiger partial charge on any atom is 0.0417 e. The van der Waals surface area contributed by atoms with Crippen LogP contribution >= 0.6 is 24.2 Å². The molecule has 0 saturated carbocycles. The average Bonchev–Trinajstić information content (AvgIpc) is 1.64.